The van der Waals surface area contributed by atoms with Crippen molar-refractivity contribution < 1.29 is 4.74 Å². The van der Waals surface area contributed by atoms with Gasteiger partial charge in [0.15, 0.2) is 5.96 Å². The molecule has 0 spiro atoms. The average Bonchev–Trinajstić information content (AvgIpc) is 3.02. The molecule has 0 aliphatic rings. The lowest BCUT2D eigenvalue weighted by Crippen LogP contribution is -2.38. The summed E-state index contributed by atoms with van der Waals surface area (Å²) in [6.07, 6.45) is 5.23. The molecule has 0 aliphatic heterocycles. The molecule has 0 saturated carbocycles. The van der Waals surface area contributed by atoms with Gasteiger partial charge >= 0.3 is 0 Å². The van der Waals surface area contributed by atoms with Crippen LogP contribution in [0.5, 0.6) is 0 Å². The lowest BCUT2D eigenvalue weighted by molar-refractivity contribution is 0.108. The number of guanidine groups is 1. The standard InChI is InChI=1S/C20H32N4O.HI/c1-16(2)15-25-13-7-12-23-20(21-3)22-11-6-8-17-14-24-19-10-5-4-9-18(17)19;/h4-5,9-10,14,16,24H,6-8,11-13,15H2,1-3H3,(H2,21,22,23);1H. The summed E-state index contributed by atoms with van der Waals surface area (Å²) in [5.74, 6) is 1.46. The molecule has 1 aromatic heterocycles. The number of nitrogens with zero attached hydrogens (tertiary/aromatic N) is 1. The Labute approximate surface area is 174 Å². The highest BCUT2D eigenvalue weighted by molar-refractivity contribution is 14.0. The van der Waals surface area contributed by atoms with Crippen LogP contribution in [0.1, 0.15) is 32.3 Å². The van der Waals surface area contributed by atoms with E-state index in [1.807, 2.05) is 7.05 Å². The van der Waals surface area contributed by atoms with Gasteiger partial charge in [-0.3, -0.25) is 4.99 Å². The molecule has 146 valence electrons. The van der Waals surface area contributed by atoms with Gasteiger partial charge in [0, 0.05) is 50.5 Å². The third kappa shape index (κ3) is 7.95. The molecule has 1 heterocycles. The summed E-state index contributed by atoms with van der Waals surface area (Å²) >= 11 is 0. The van der Waals surface area contributed by atoms with Crippen LogP contribution in [0.15, 0.2) is 35.5 Å². The fourth-order valence-electron chi connectivity index (χ4n) is 2.74. The summed E-state index contributed by atoms with van der Waals surface area (Å²) in [7, 11) is 1.81. The maximum Gasteiger partial charge on any atom is 0.190 e. The minimum atomic E-state index is 0. The molecule has 1 aromatic carbocycles. The molecule has 2 rings (SSSR count). The van der Waals surface area contributed by atoms with Crippen molar-refractivity contribution in [2.24, 2.45) is 10.9 Å². The first-order chi connectivity index (χ1) is 12.2. The van der Waals surface area contributed by atoms with Crippen molar-refractivity contribution in [3.8, 4) is 0 Å². The monoisotopic (exact) mass is 472 g/mol. The maximum absolute atomic E-state index is 5.58. The van der Waals surface area contributed by atoms with Crippen LogP contribution in [-0.4, -0.2) is 44.3 Å². The van der Waals surface area contributed by atoms with Crippen molar-refractivity contribution in [3.05, 3.63) is 36.0 Å². The number of aliphatic imine (C=N–C) groups is 1. The van der Waals surface area contributed by atoms with Gasteiger partial charge < -0.3 is 20.4 Å². The van der Waals surface area contributed by atoms with Crippen LogP contribution < -0.4 is 10.6 Å². The van der Waals surface area contributed by atoms with E-state index in [2.05, 4.69) is 64.9 Å². The normalized spacial score (nSPS) is 11.6. The first-order valence-electron chi connectivity index (χ1n) is 9.28. The number of nitrogens with one attached hydrogen (secondary N) is 3. The predicted molar refractivity (Wildman–Crippen MR) is 122 cm³/mol. The Bertz CT molecular complexity index is 654. The lowest BCUT2D eigenvalue weighted by atomic mass is 10.1. The number of aryl methyl sites for hydroxylation is 1. The van der Waals surface area contributed by atoms with Gasteiger partial charge in [-0.15, -0.1) is 24.0 Å². The molecule has 26 heavy (non-hydrogen) atoms. The molecule has 3 N–H and O–H groups in total. The zero-order chi connectivity index (χ0) is 17.9. The number of H-pyrrole nitrogens is 1. The molecule has 0 radical (unpaired) electrons. The Morgan fingerprint density at radius 3 is 2.62 bits per heavy atom. The van der Waals surface area contributed by atoms with E-state index in [1.54, 1.807) is 0 Å². The number of ether oxygens (including phenoxy) is 1. The van der Waals surface area contributed by atoms with Crippen molar-refractivity contribution >= 4 is 40.8 Å². The molecular formula is C20H33IN4O. The average molecular weight is 472 g/mol. The van der Waals surface area contributed by atoms with Crippen LogP contribution in [-0.2, 0) is 11.2 Å². The molecule has 0 atom stereocenters. The Balaban J connectivity index is 0.00000338. The number of aromatic amines is 1. The summed E-state index contributed by atoms with van der Waals surface area (Å²) in [5.41, 5.74) is 2.59. The highest BCUT2D eigenvalue weighted by Crippen LogP contribution is 2.18. The Morgan fingerprint density at radius 2 is 1.88 bits per heavy atom. The van der Waals surface area contributed by atoms with E-state index in [9.17, 15) is 0 Å². The summed E-state index contributed by atoms with van der Waals surface area (Å²) < 4.78 is 5.58. The number of para-hydroxylation sites is 1. The lowest BCUT2D eigenvalue weighted by Gasteiger charge is -2.12. The van der Waals surface area contributed by atoms with E-state index in [1.165, 1.54) is 16.5 Å². The van der Waals surface area contributed by atoms with Gasteiger partial charge in [-0.25, -0.2) is 0 Å². The van der Waals surface area contributed by atoms with Crippen molar-refractivity contribution in [2.75, 3.05) is 33.4 Å². The van der Waals surface area contributed by atoms with Gasteiger partial charge in [-0.1, -0.05) is 32.0 Å². The van der Waals surface area contributed by atoms with E-state index < -0.39 is 0 Å². The van der Waals surface area contributed by atoms with Crippen LogP contribution >= 0.6 is 24.0 Å². The zero-order valence-corrected chi connectivity index (χ0v) is 18.5. The van der Waals surface area contributed by atoms with Gasteiger partial charge in [-0.2, -0.15) is 0 Å². The van der Waals surface area contributed by atoms with E-state index in [0.29, 0.717) is 5.92 Å². The Morgan fingerprint density at radius 1 is 1.15 bits per heavy atom. The molecule has 0 aliphatic carbocycles. The SMILES string of the molecule is CN=C(NCCCOCC(C)C)NCCCc1c[nH]c2ccccc12.I. The van der Waals surface area contributed by atoms with Gasteiger partial charge in [0.2, 0.25) is 0 Å². The van der Waals surface area contributed by atoms with Crippen LogP contribution in [0.4, 0.5) is 0 Å². The highest BCUT2D eigenvalue weighted by Gasteiger charge is 2.03. The topological polar surface area (TPSA) is 61.4 Å². The Hall–Kier alpha value is -1.28. The number of rotatable bonds is 10. The number of fused-ring (bicyclic) bond motifs is 1. The van der Waals surface area contributed by atoms with Crippen LogP contribution in [0, 0.1) is 5.92 Å². The molecular weight excluding hydrogens is 439 g/mol. The second-order valence-electron chi connectivity index (χ2n) is 6.71. The van der Waals surface area contributed by atoms with Crippen molar-refractivity contribution in [1.82, 2.24) is 15.6 Å². The summed E-state index contributed by atoms with van der Waals surface area (Å²) in [6.45, 7) is 7.74. The van der Waals surface area contributed by atoms with Gasteiger partial charge in [0.25, 0.3) is 0 Å². The molecule has 0 amide bonds. The molecule has 0 unspecified atom stereocenters. The van der Waals surface area contributed by atoms with Gasteiger partial charge in [0.05, 0.1) is 0 Å². The fourth-order valence-corrected chi connectivity index (χ4v) is 2.74. The number of hydrogen-bond donors (Lipinski definition) is 3. The van der Waals surface area contributed by atoms with Gasteiger partial charge in [-0.05, 0) is 36.8 Å². The van der Waals surface area contributed by atoms with Crippen molar-refractivity contribution in [3.63, 3.8) is 0 Å². The van der Waals surface area contributed by atoms with E-state index >= 15 is 0 Å². The van der Waals surface area contributed by atoms with Gasteiger partial charge in [0.1, 0.15) is 0 Å². The van der Waals surface area contributed by atoms with Crippen LogP contribution in [0.3, 0.4) is 0 Å². The molecule has 0 bridgehead atoms. The highest BCUT2D eigenvalue weighted by atomic mass is 127. The van der Waals surface area contributed by atoms with E-state index in [-0.39, 0.29) is 24.0 Å². The first kappa shape index (κ1) is 22.8. The van der Waals surface area contributed by atoms with Crippen molar-refractivity contribution in [2.45, 2.75) is 33.1 Å². The van der Waals surface area contributed by atoms with E-state index in [0.717, 1.165) is 51.5 Å². The third-order valence-corrected chi connectivity index (χ3v) is 4.02. The second-order valence-corrected chi connectivity index (χ2v) is 6.71. The molecule has 2 aromatic rings. The minimum absolute atomic E-state index is 0. The third-order valence-electron chi connectivity index (χ3n) is 4.02. The Kier molecular flexibility index (Phi) is 11.4. The molecule has 6 heteroatoms. The van der Waals surface area contributed by atoms with Crippen molar-refractivity contribution in [1.29, 1.82) is 0 Å². The summed E-state index contributed by atoms with van der Waals surface area (Å²) in [6, 6.07) is 8.45. The predicted octanol–water partition coefficient (Wildman–Crippen LogP) is 3.95. The van der Waals surface area contributed by atoms with E-state index in [4.69, 9.17) is 4.74 Å². The molecule has 0 fully saturated rings. The molecule has 0 saturated heterocycles. The maximum atomic E-state index is 5.58. The zero-order valence-electron chi connectivity index (χ0n) is 16.2. The number of benzene rings is 1. The summed E-state index contributed by atoms with van der Waals surface area (Å²) in [5, 5.41) is 8.04. The quantitative estimate of drug-likeness (QED) is 0.213. The van der Waals surface area contributed by atoms with Crippen LogP contribution in [0.2, 0.25) is 0 Å². The minimum Gasteiger partial charge on any atom is -0.381 e. The largest absolute Gasteiger partial charge is 0.381 e. The molecule has 5 nitrogen and oxygen atoms in total. The number of aromatic nitrogens is 1. The fraction of sp³-hybridized carbons (Fsp3) is 0.550. The smallest absolute Gasteiger partial charge is 0.190 e. The van der Waals surface area contributed by atoms with Crippen LogP contribution in [0.25, 0.3) is 10.9 Å². The first-order valence-corrected chi connectivity index (χ1v) is 9.28. The second kappa shape index (κ2) is 13.0. The summed E-state index contributed by atoms with van der Waals surface area (Å²) in [4.78, 5) is 7.60. The number of hydrogen-bond acceptors (Lipinski definition) is 2. The number of halogens is 1.